The van der Waals surface area contributed by atoms with Crippen LogP contribution < -0.4 is 5.73 Å². The minimum absolute atomic E-state index is 0.113. The topological polar surface area (TPSA) is 126 Å². The van der Waals surface area contributed by atoms with Crippen LogP contribution in [0.5, 0.6) is 0 Å². The molecule has 1 saturated heterocycles. The average Bonchev–Trinajstić information content (AvgIpc) is 3.36. The summed E-state index contributed by atoms with van der Waals surface area (Å²) in [6.07, 6.45) is -0.471. The highest BCUT2D eigenvalue weighted by Gasteiger charge is 2.38. The highest BCUT2D eigenvalue weighted by molar-refractivity contribution is 7.89. The van der Waals surface area contributed by atoms with Gasteiger partial charge in [0.2, 0.25) is 16.0 Å². The first-order chi connectivity index (χ1) is 16.4. The number of aliphatic carboxylic acids is 1. The van der Waals surface area contributed by atoms with Gasteiger partial charge in [0.15, 0.2) is 0 Å². The van der Waals surface area contributed by atoms with E-state index in [9.17, 15) is 26.0 Å². The molecule has 1 aromatic heterocycles. The summed E-state index contributed by atoms with van der Waals surface area (Å²) >= 11 is 0. The van der Waals surface area contributed by atoms with Crippen molar-refractivity contribution in [3.05, 3.63) is 60.7 Å². The van der Waals surface area contributed by atoms with Gasteiger partial charge in [0.25, 0.3) is 0 Å². The van der Waals surface area contributed by atoms with Crippen molar-refractivity contribution in [1.29, 1.82) is 0 Å². The average molecular weight is 512 g/mol. The second-order valence-electron chi connectivity index (χ2n) is 7.43. The maximum absolute atomic E-state index is 14.8. The van der Waals surface area contributed by atoms with Crippen LogP contribution in [-0.2, 0) is 14.8 Å². The summed E-state index contributed by atoms with van der Waals surface area (Å²) < 4.78 is 74.1. The number of sulfonamides is 1. The Hall–Kier alpha value is -3.58. The van der Waals surface area contributed by atoms with Crippen molar-refractivity contribution >= 4 is 21.9 Å². The third kappa shape index (κ3) is 6.11. The van der Waals surface area contributed by atoms with Crippen molar-refractivity contribution in [3.8, 4) is 22.3 Å². The monoisotopic (exact) mass is 512 g/mol. The van der Waals surface area contributed by atoms with Crippen molar-refractivity contribution in [2.24, 2.45) is 0 Å². The van der Waals surface area contributed by atoms with E-state index in [1.807, 2.05) is 0 Å². The molecule has 2 aromatic carbocycles. The summed E-state index contributed by atoms with van der Waals surface area (Å²) in [6.45, 7) is 1.03. The first-order valence-corrected chi connectivity index (χ1v) is 11.6. The van der Waals surface area contributed by atoms with Crippen LogP contribution in [0.2, 0.25) is 0 Å². The number of nitrogen functional groups attached to an aromatic ring is 1. The number of carboxylic acid groups (broad SMARTS) is 1. The fourth-order valence-corrected chi connectivity index (χ4v) is 5.12. The Kier molecular flexibility index (Phi) is 7.70. The number of benzene rings is 2. The molecular formula is C22H20F4N4O4S. The van der Waals surface area contributed by atoms with Crippen molar-refractivity contribution in [2.45, 2.75) is 23.9 Å². The summed E-state index contributed by atoms with van der Waals surface area (Å²) in [5.74, 6) is -3.13. The molecule has 0 bridgehead atoms. The summed E-state index contributed by atoms with van der Waals surface area (Å²) in [7, 11) is -3.62. The number of alkyl halides is 3. The Labute approximate surface area is 198 Å². The van der Waals surface area contributed by atoms with Crippen LogP contribution in [0.3, 0.4) is 0 Å². The number of nitrogens with two attached hydrogens (primary N) is 1. The molecule has 186 valence electrons. The van der Waals surface area contributed by atoms with Gasteiger partial charge in [0, 0.05) is 42.2 Å². The smallest absolute Gasteiger partial charge is 0.475 e. The van der Waals surface area contributed by atoms with Crippen LogP contribution in [0.25, 0.3) is 22.3 Å². The van der Waals surface area contributed by atoms with E-state index >= 15 is 0 Å². The fourth-order valence-electron chi connectivity index (χ4n) is 3.39. The number of hydrogen-bond acceptors (Lipinski definition) is 6. The van der Waals surface area contributed by atoms with Gasteiger partial charge in [-0.05, 0) is 30.5 Å². The lowest BCUT2D eigenvalue weighted by Crippen LogP contribution is -2.28. The van der Waals surface area contributed by atoms with E-state index in [-0.39, 0.29) is 10.8 Å². The van der Waals surface area contributed by atoms with E-state index in [0.29, 0.717) is 35.3 Å². The number of carbonyl (C=O) groups is 1. The van der Waals surface area contributed by atoms with Gasteiger partial charge in [0.1, 0.15) is 5.82 Å². The minimum atomic E-state index is -5.08. The number of anilines is 1. The lowest BCUT2D eigenvalue weighted by atomic mass is 10.0. The van der Waals surface area contributed by atoms with E-state index < -0.39 is 28.0 Å². The van der Waals surface area contributed by atoms with Crippen LogP contribution in [0.15, 0.2) is 59.8 Å². The predicted molar refractivity (Wildman–Crippen MR) is 119 cm³/mol. The molecule has 0 unspecified atom stereocenters. The van der Waals surface area contributed by atoms with Gasteiger partial charge in [-0.1, -0.05) is 30.3 Å². The summed E-state index contributed by atoms with van der Waals surface area (Å²) in [6, 6.07) is 11.3. The Morgan fingerprint density at radius 3 is 2.09 bits per heavy atom. The molecule has 0 spiro atoms. The zero-order valence-corrected chi connectivity index (χ0v) is 18.9. The Morgan fingerprint density at radius 2 is 1.54 bits per heavy atom. The molecule has 13 heteroatoms. The summed E-state index contributed by atoms with van der Waals surface area (Å²) in [4.78, 5) is 16.9. The van der Waals surface area contributed by atoms with Gasteiger partial charge in [-0.25, -0.2) is 27.6 Å². The van der Waals surface area contributed by atoms with Crippen LogP contribution >= 0.6 is 0 Å². The first kappa shape index (κ1) is 26.0. The first-order valence-electron chi connectivity index (χ1n) is 10.2. The molecule has 0 aliphatic carbocycles. The second kappa shape index (κ2) is 10.4. The SMILES string of the molecule is Nc1ncc(-c2ccc(-c3ccccc3S(=O)(=O)N3CCCC3)cc2F)cn1.O=C(O)C(F)(F)F. The van der Waals surface area contributed by atoms with E-state index in [0.717, 1.165) is 12.8 Å². The van der Waals surface area contributed by atoms with E-state index in [1.165, 1.54) is 22.8 Å². The second-order valence-corrected chi connectivity index (χ2v) is 9.34. The number of aromatic nitrogens is 2. The van der Waals surface area contributed by atoms with Gasteiger partial charge in [-0.3, -0.25) is 0 Å². The van der Waals surface area contributed by atoms with Crippen LogP contribution in [0, 0.1) is 5.82 Å². The van der Waals surface area contributed by atoms with Gasteiger partial charge < -0.3 is 10.8 Å². The minimum Gasteiger partial charge on any atom is -0.475 e. The molecule has 1 aliphatic heterocycles. The molecular weight excluding hydrogens is 492 g/mol. The number of hydrogen-bond donors (Lipinski definition) is 2. The van der Waals surface area contributed by atoms with Crippen LogP contribution in [0.4, 0.5) is 23.5 Å². The molecule has 0 atom stereocenters. The molecule has 0 saturated carbocycles. The van der Waals surface area contributed by atoms with E-state index in [2.05, 4.69) is 9.97 Å². The number of nitrogens with zero attached hydrogens (tertiary/aromatic N) is 3. The maximum Gasteiger partial charge on any atom is 0.490 e. The van der Waals surface area contributed by atoms with Crippen molar-refractivity contribution in [2.75, 3.05) is 18.8 Å². The van der Waals surface area contributed by atoms with E-state index in [1.54, 1.807) is 36.4 Å². The van der Waals surface area contributed by atoms with Gasteiger partial charge >= 0.3 is 12.1 Å². The Bertz CT molecular complexity index is 1310. The Morgan fingerprint density at radius 1 is 0.971 bits per heavy atom. The lowest BCUT2D eigenvalue weighted by Gasteiger charge is -2.18. The van der Waals surface area contributed by atoms with Crippen molar-refractivity contribution < 1.29 is 35.9 Å². The van der Waals surface area contributed by atoms with Crippen molar-refractivity contribution in [1.82, 2.24) is 14.3 Å². The largest absolute Gasteiger partial charge is 0.490 e. The number of carboxylic acids is 1. The molecule has 2 heterocycles. The van der Waals surface area contributed by atoms with Gasteiger partial charge in [-0.2, -0.15) is 17.5 Å². The quantitative estimate of drug-likeness (QED) is 0.507. The van der Waals surface area contributed by atoms with Gasteiger partial charge in [-0.15, -0.1) is 0 Å². The van der Waals surface area contributed by atoms with Crippen molar-refractivity contribution in [3.63, 3.8) is 0 Å². The number of halogens is 4. The molecule has 4 rings (SSSR count). The van der Waals surface area contributed by atoms with Gasteiger partial charge in [0.05, 0.1) is 4.90 Å². The molecule has 1 fully saturated rings. The highest BCUT2D eigenvalue weighted by Crippen LogP contribution is 2.33. The predicted octanol–water partition coefficient (Wildman–Crippen LogP) is 3.95. The normalized spacial score (nSPS) is 14.3. The molecule has 8 nitrogen and oxygen atoms in total. The third-order valence-corrected chi connectivity index (χ3v) is 7.03. The fraction of sp³-hybridized carbons (Fsp3) is 0.227. The highest BCUT2D eigenvalue weighted by atomic mass is 32.2. The summed E-state index contributed by atoms with van der Waals surface area (Å²) in [5.41, 5.74) is 7.27. The van der Waals surface area contributed by atoms with Crippen LogP contribution in [-0.4, -0.2) is 53.0 Å². The molecule has 3 aromatic rings. The molecule has 3 N–H and O–H groups in total. The summed E-state index contributed by atoms with van der Waals surface area (Å²) in [5, 5.41) is 7.12. The van der Waals surface area contributed by atoms with E-state index in [4.69, 9.17) is 15.6 Å². The molecule has 35 heavy (non-hydrogen) atoms. The third-order valence-electron chi connectivity index (χ3n) is 5.08. The molecule has 0 radical (unpaired) electrons. The molecule has 1 aliphatic rings. The standard InChI is InChI=1S/C20H19FN4O2S.C2HF3O2/c21-18-11-14(7-8-16(18)15-12-23-20(22)24-13-15)17-5-1-2-6-19(17)28(26,27)25-9-3-4-10-25;3-2(4,5)1(6)7/h1-2,5-8,11-13H,3-4,9-10H2,(H2,22,23,24);(H,6,7). The zero-order chi connectivity index (χ0) is 25.8. The maximum atomic E-state index is 14.8. The lowest BCUT2D eigenvalue weighted by molar-refractivity contribution is -0.192. The Balaban J connectivity index is 0.000000429. The zero-order valence-electron chi connectivity index (χ0n) is 18.0. The molecule has 0 amide bonds. The van der Waals surface area contributed by atoms with Crippen LogP contribution in [0.1, 0.15) is 12.8 Å². The number of rotatable bonds is 4.